The Balaban J connectivity index is 1.43. The van der Waals surface area contributed by atoms with Crippen molar-refractivity contribution in [3.63, 3.8) is 0 Å². The average molecular weight is 400 g/mol. The van der Waals surface area contributed by atoms with E-state index in [-0.39, 0.29) is 11.9 Å². The molecule has 1 aliphatic rings. The van der Waals surface area contributed by atoms with Crippen LogP contribution < -0.4 is 4.74 Å². The van der Waals surface area contributed by atoms with Gasteiger partial charge in [-0.3, -0.25) is 4.90 Å². The Labute approximate surface area is 172 Å². The number of benzene rings is 2. The summed E-state index contributed by atoms with van der Waals surface area (Å²) in [5, 5.41) is 0. The standard InChI is InChI=1S/C23H29FN2O3/c1-23(2,3)29-22(27)26-14-12-25(13-15-26)16-18-4-6-19(7-5-18)17-28-21-10-8-20(24)9-11-21/h4-11H,12-17H2,1-3H3. The minimum Gasteiger partial charge on any atom is -0.489 e. The van der Waals surface area contributed by atoms with Gasteiger partial charge in [0.15, 0.2) is 0 Å². The third-order valence-corrected chi connectivity index (χ3v) is 4.67. The fourth-order valence-corrected chi connectivity index (χ4v) is 3.11. The monoisotopic (exact) mass is 400 g/mol. The summed E-state index contributed by atoms with van der Waals surface area (Å²) < 4.78 is 24.0. The lowest BCUT2D eigenvalue weighted by atomic mass is 10.1. The highest BCUT2D eigenvalue weighted by atomic mass is 19.1. The normalized spacial score (nSPS) is 15.2. The number of carbonyl (C=O) groups is 1. The van der Waals surface area contributed by atoms with Crippen molar-refractivity contribution in [1.82, 2.24) is 9.80 Å². The maximum Gasteiger partial charge on any atom is 0.410 e. The van der Waals surface area contributed by atoms with Crippen molar-refractivity contribution >= 4 is 6.09 Å². The van der Waals surface area contributed by atoms with Gasteiger partial charge in [-0.1, -0.05) is 24.3 Å². The fourth-order valence-electron chi connectivity index (χ4n) is 3.11. The van der Waals surface area contributed by atoms with Crippen molar-refractivity contribution in [1.29, 1.82) is 0 Å². The van der Waals surface area contributed by atoms with Gasteiger partial charge in [-0.05, 0) is 56.2 Å². The molecule has 0 radical (unpaired) electrons. The number of carbonyl (C=O) groups excluding carboxylic acids is 1. The number of rotatable bonds is 5. The zero-order valence-electron chi connectivity index (χ0n) is 17.4. The first-order valence-corrected chi connectivity index (χ1v) is 9.95. The van der Waals surface area contributed by atoms with Crippen LogP contribution >= 0.6 is 0 Å². The van der Waals surface area contributed by atoms with Gasteiger partial charge in [-0.25, -0.2) is 9.18 Å². The van der Waals surface area contributed by atoms with E-state index in [0.29, 0.717) is 25.4 Å². The van der Waals surface area contributed by atoms with Crippen LogP contribution in [0.5, 0.6) is 5.75 Å². The van der Waals surface area contributed by atoms with Crippen LogP contribution in [0.15, 0.2) is 48.5 Å². The van der Waals surface area contributed by atoms with Crippen LogP contribution in [0.1, 0.15) is 31.9 Å². The van der Waals surface area contributed by atoms with Gasteiger partial charge in [-0.15, -0.1) is 0 Å². The predicted octanol–water partition coefficient (Wildman–Crippen LogP) is 4.46. The van der Waals surface area contributed by atoms with Crippen LogP contribution in [-0.4, -0.2) is 47.7 Å². The zero-order valence-corrected chi connectivity index (χ0v) is 17.4. The summed E-state index contributed by atoms with van der Waals surface area (Å²) in [6.07, 6.45) is -0.234. The highest BCUT2D eigenvalue weighted by Gasteiger charge is 2.25. The van der Waals surface area contributed by atoms with Crippen molar-refractivity contribution in [2.24, 2.45) is 0 Å². The van der Waals surface area contributed by atoms with Crippen LogP contribution in [0.4, 0.5) is 9.18 Å². The topological polar surface area (TPSA) is 42.0 Å². The molecule has 2 aromatic carbocycles. The first-order valence-electron chi connectivity index (χ1n) is 9.95. The Hall–Kier alpha value is -2.60. The SMILES string of the molecule is CC(C)(C)OC(=O)N1CCN(Cc2ccc(COc3ccc(F)cc3)cc2)CC1. The second-order valence-electron chi connectivity index (χ2n) is 8.30. The Morgan fingerprint density at radius 2 is 1.52 bits per heavy atom. The molecule has 1 saturated heterocycles. The smallest absolute Gasteiger partial charge is 0.410 e. The van der Waals surface area contributed by atoms with E-state index < -0.39 is 5.60 Å². The summed E-state index contributed by atoms with van der Waals surface area (Å²) >= 11 is 0. The molecule has 5 nitrogen and oxygen atoms in total. The summed E-state index contributed by atoms with van der Waals surface area (Å²) in [7, 11) is 0. The third-order valence-electron chi connectivity index (χ3n) is 4.67. The first kappa shape index (κ1) is 21.1. The maximum atomic E-state index is 12.9. The van der Waals surface area contributed by atoms with Gasteiger partial charge in [0.25, 0.3) is 0 Å². The molecule has 6 heteroatoms. The molecular weight excluding hydrogens is 371 g/mol. The summed E-state index contributed by atoms with van der Waals surface area (Å²) in [4.78, 5) is 16.3. The molecule has 156 valence electrons. The van der Waals surface area contributed by atoms with Gasteiger partial charge in [-0.2, -0.15) is 0 Å². The molecule has 3 rings (SSSR count). The minimum atomic E-state index is -0.462. The second kappa shape index (κ2) is 9.27. The molecule has 0 N–H and O–H groups in total. The molecule has 0 unspecified atom stereocenters. The second-order valence-corrected chi connectivity index (χ2v) is 8.30. The lowest BCUT2D eigenvalue weighted by Crippen LogP contribution is -2.49. The highest BCUT2D eigenvalue weighted by Crippen LogP contribution is 2.16. The number of hydrogen-bond donors (Lipinski definition) is 0. The van der Waals surface area contributed by atoms with E-state index in [9.17, 15) is 9.18 Å². The van der Waals surface area contributed by atoms with Crippen molar-refractivity contribution in [2.75, 3.05) is 26.2 Å². The Kier molecular flexibility index (Phi) is 6.75. The lowest BCUT2D eigenvalue weighted by Gasteiger charge is -2.35. The minimum absolute atomic E-state index is 0.234. The lowest BCUT2D eigenvalue weighted by molar-refractivity contribution is 0.0139. The molecule has 0 atom stereocenters. The number of piperazine rings is 1. The van der Waals surface area contributed by atoms with Crippen LogP contribution in [0, 0.1) is 5.82 Å². The Bertz CT molecular complexity index is 792. The summed E-state index contributed by atoms with van der Waals surface area (Å²) in [6.45, 7) is 9.96. The number of halogens is 1. The third kappa shape index (κ3) is 6.75. The van der Waals surface area contributed by atoms with Gasteiger partial charge in [0.2, 0.25) is 0 Å². The van der Waals surface area contributed by atoms with E-state index in [1.54, 1.807) is 17.0 Å². The molecule has 2 aromatic rings. The van der Waals surface area contributed by atoms with Crippen molar-refractivity contribution in [3.05, 3.63) is 65.5 Å². The number of nitrogens with zero attached hydrogens (tertiary/aromatic N) is 2. The van der Waals surface area contributed by atoms with Crippen molar-refractivity contribution < 1.29 is 18.7 Å². The molecule has 1 fully saturated rings. The molecule has 1 heterocycles. The van der Waals surface area contributed by atoms with Crippen LogP contribution in [0.25, 0.3) is 0 Å². The van der Waals surface area contributed by atoms with Crippen LogP contribution in [0.3, 0.4) is 0 Å². The molecule has 0 bridgehead atoms. The summed E-state index contributed by atoms with van der Waals surface area (Å²) in [5.41, 5.74) is 1.82. The number of hydrogen-bond acceptors (Lipinski definition) is 4. The van der Waals surface area contributed by atoms with Crippen LogP contribution in [0.2, 0.25) is 0 Å². The van der Waals surface area contributed by atoms with Crippen LogP contribution in [-0.2, 0) is 17.9 Å². The number of ether oxygens (including phenoxy) is 2. The van der Waals surface area contributed by atoms with Gasteiger partial charge < -0.3 is 14.4 Å². The molecule has 0 aromatic heterocycles. The summed E-state index contributed by atoms with van der Waals surface area (Å²) in [6, 6.07) is 14.3. The highest BCUT2D eigenvalue weighted by molar-refractivity contribution is 5.68. The van der Waals surface area contributed by atoms with E-state index in [4.69, 9.17) is 9.47 Å². The average Bonchev–Trinajstić information content (AvgIpc) is 2.68. The maximum absolute atomic E-state index is 12.9. The molecule has 0 aliphatic carbocycles. The van der Waals surface area contributed by atoms with E-state index in [2.05, 4.69) is 29.2 Å². The first-order chi connectivity index (χ1) is 13.8. The summed E-state index contributed by atoms with van der Waals surface area (Å²) in [5.74, 6) is 0.381. The van der Waals surface area contributed by atoms with Gasteiger partial charge >= 0.3 is 6.09 Å². The predicted molar refractivity (Wildman–Crippen MR) is 110 cm³/mol. The molecule has 0 spiro atoms. The van der Waals surface area contributed by atoms with Crippen molar-refractivity contribution in [2.45, 2.75) is 39.5 Å². The van der Waals surface area contributed by atoms with E-state index in [0.717, 1.165) is 25.2 Å². The van der Waals surface area contributed by atoms with E-state index in [1.165, 1.54) is 17.7 Å². The van der Waals surface area contributed by atoms with Gasteiger partial charge in [0, 0.05) is 32.7 Å². The quantitative estimate of drug-likeness (QED) is 0.743. The number of amides is 1. The zero-order chi connectivity index (χ0) is 20.9. The van der Waals surface area contributed by atoms with Gasteiger partial charge in [0.05, 0.1) is 0 Å². The van der Waals surface area contributed by atoms with Gasteiger partial charge in [0.1, 0.15) is 23.8 Å². The largest absolute Gasteiger partial charge is 0.489 e. The Morgan fingerprint density at radius 1 is 0.931 bits per heavy atom. The molecule has 1 aliphatic heterocycles. The fraction of sp³-hybridized carbons (Fsp3) is 0.435. The van der Waals surface area contributed by atoms with E-state index in [1.807, 2.05) is 20.8 Å². The molecule has 1 amide bonds. The molecule has 0 saturated carbocycles. The van der Waals surface area contributed by atoms with E-state index >= 15 is 0 Å². The molecular formula is C23H29FN2O3. The Morgan fingerprint density at radius 3 is 2.10 bits per heavy atom. The van der Waals surface area contributed by atoms with Crippen molar-refractivity contribution in [3.8, 4) is 5.75 Å². The molecule has 29 heavy (non-hydrogen) atoms.